The first kappa shape index (κ1) is 24.1. The number of phenolic OH excluding ortho intramolecular Hbond substituents is 1. The van der Waals surface area contributed by atoms with Crippen molar-refractivity contribution >= 4 is 26.0 Å². The van der Waals surface area contributed by atoms with Crippen LogP contribution in [0.2, 0.25) is 0 Å². The fourth-order valence-electron chi connectivity index (χ4n) is 3.26. The lowest BCUT2D eigenvalue weighted by molar-refractivity contribution is 0.195. The minimum absolute atomic E-state index is 0.0787. The van der Waals surface area contributed by atoms with E-state index in [1.165, 1.54) is 0 Å². The third kappa shape index (κ3) is 5.49. The molecule has 0 saturated heterocycles. The fraction of sp³-hybridized carbons (Fsp3) is 0.500. The molecule has 0 unspecified atom stereocenters. The number of benzene rings is 2. The summed E-state index contributed by atoms with van der Waals surface area (Å²) in [6.45, 7) is 7.31. The van der Waals surface area contributed by atoms with Gasteiger partial charge in [0, 0.05) is 5.39 Å². The summed E-state index contributed by atoms with van der Waals surface area (Å²) in [5.41, 5.74) is 0.739. The van der Waals surface area contributed by atoms with Crippen LogP contribution in [0.5, 0.6) is 5.75 Å². The summed E-state index contributed by atoms with van der Waals surface area (Å²) in [7, 11) is -7.68. The Morgan fingerprint density at radius 3 is 1.66 bits per heavy atom. The number of phenols is 1. The molecule has 0 atom stereocenters. The predicted octanol–water partition coefficient (Wildman–Crippen LogP) is 5.95. The molecule has 2 aromatic carbocycles. The van der Waals surface area contributed by atoms with Crippen LogP contribution in [0.1, 0.15) is 33.3 Å². The van der Waals surface area contributed by atoms with Crippen molar-refractivity contribution in [1.29, 1.82) is 0 Å². The van der Waals surface area contributed by atoms with Crippen molar-refractivity contribution in [3.05, 3.63) is 42.0 Å². The molecular formula is C20H30O7P2. The van der Waals surface area contributed by atoms with Gasteiger partial charge in [-0.2, -0.15) is 0 Å². The minimum atomic E-state index is -3.84. The highest BCUT2D eigenvalue weighted by atomic mass is 31.2. The summed E-state index contributed by atoms with van der Waals surface area (Å²) in [4.78, 5) is 0. The van der Waals surface area contributed by atoms with Crippen LogP contribution >= 0.6 is 15.2 Å². The lowest BCUT2D eigenvalue weighted by Gasteiger charge is -2.31. The van der Waals surface area contributed by atoms with Gasteiger partial charge in [0.05, 0.1) is 26.4 Å². The Bertz CT molecular complexity index is 850. The summed E-state index contributed by atoms with van der Waals surface area (Å²) in [5, 5.41) is 10.4. The van der Waals surface area contributed by atoms with Crippen molar-refractivity contribution in [1.82, 2.24) is 0 Å². The van der Waals surface area contributed by atoms with E-state index in [2.05, 4.69) is 0 Å². The number of hydrogen-bond acceptors (Lipinski definition) is 7. The van der Waals surface area contributed by atoms with Crippen LogP contribution in [0, 0.1) is 0 Å². The highest BCUT2D eigenvalue weighted by Gasteiger charge is 2.50. The second-order valence-corrected chi connectivity index (χ2v) is 11.1. The van der Waals surface area contributed by atoms with Crippen LogP contribution < -0.4 is 0 Å². The standard InChI is InChI=1S/C20H30O7P2/c1-5-24-28(22,25-6-2)20(29(23,26-7-3)27-8-4)15-16-13-14-19(21)18-12-10-9-11-17(16)18/h9-14,20-21H,5-8,15H2,1-4H3. The van der Waals surface area contributed by atoms with Gasteiger partial charge in [0.2, 0.25) is 0 Å². The van der Waals surface area contributed by atoms with E-state index in [1.807, 2.05) is 18.2 Å². The zero-order chi connectivity index (χ0) is 21.5. The molecule has 0 aliphatic heterocycles. The van der Waals surface area contributed by atoms with Crippen molar-refractivity contribution < 1.29 is 32.3 Å². The van der Waals surface area contributed by atoms with Gasteiger partial charge in [-0.15, -0.1) is 0 Å². The summed E-state index contributed by atoms with van der Waals surface area (Å²) in [6, 6.07) is 10.6. The third-order valence-corrected chi connectivity index (χ3v) is 10.4. The van der Waals surface area contributed by atoms with Crippen LogP contribution in [0.15, 0.2) is 36.4 Å². The maximum atomic E-state index is 13.7. The lowest BCUT2D eigenvalue weighted by Crippen LogP contribution is -2.20. The molecule has 9 heteroatoms. The summed E-state index contributed by atoms with van der Waals surface area (Å²) in [6.07, 6.45) is 0.0787. The van der Waals surface area contributed by atoms with E-state index in [1.54, 1.807) is 45.9 Å². The smallest absolute Gasteiger partial charge is 0.346 e. The topological polar surface area (TPSA) is 91.3 Å². The van der Waals surface area contributed by atoms with Gasteiger partial charge in [-0.3, -0.25) is 9.13 Å². The maximum absolute atomic E-state index is 13.7. The Labute approximate surface area is 172 Å². The molecule has 2 aromatic rings. The molecule has 0 saturated carbocycles. The lowest BCUT2D eigenvalue weighted by atomic mass is 10.0. The molecule has 0 fully saturated rings. The molecule has 0 radical (unpaired) electrons. The van der Waals surface area contributed by atoms with Gasteiger partial charge in [-0.25, -0.2) is 0 Å². The van der Waals surface area contributed by atoms with E-state index in [4.69, 9.17) is 18.1 Å². The van der Waals surface area contributed by atoms with Crippen molar-refractivity contribution in [2.45, 2.75) is 39.5 Å². The molecular weight excluding hydrogens is 414 g/mol. The van der Waals surface area contributed by atoms with Crippen molar-refractivity contribution in [3.63, 3.8) is 0 Å². The van der Waals surface area contributed by atoms with Crippen molar-refractivity contribution in [2.75, 3.05) is 26.4 Å². The average Bonchev–Trinajstić information content (AvgIpc) is 2.68. The Balaban J connectivity index is 2.63. The Kier molecular flexibility index (Phi) is 8.90. The van der Waals surface area contributed by atoms with Gasteiger partial charge in [-0.05, 0) is 51.1 Å². The quantitative estimate of drug-likeness (QED) is 0.405. The van der Waals surface area contributed by atoms with E-state index < -0.39 is 20.6 Å². The number of aromatic hydroxyl groups is 1. The predicted molar refractivity (Wildman–Crippen MR) is 115 cm³/mol. The Hall–Kier alpha value is -1.20. The van der Waals surface area contributed by atoms with Crippen molar-refractivity contribution in [3.8, 4) is 5.75 Å². The molecule has 0 aliphatic carbocycles. The molecule has 0 spiro atoms. The highest BCUT2D eigenvalue weighted by molar-refractivity contribution is 7.72. The normalized spacial score (nSPS) is 12.7. The van der Waals surface area contributed by atoms with E-state index >= 15 is 0 Å². The molecule has 7 nitrogen and oxygen atoms in total. The van der Waals surface area contributed by atoms with Crippen LogP contribution in [-0.4, -0.2) is 36.9 Å². The molecule has 162 valence electrons. The summed E-state index contributed by atoms with van der Waals surface area (Å²) in [5.74, 6) is 0.136. The first-order valence-electron chi connectivity index (χ1n) is 9.82. The molecule has 29 heavy (non-hydrogen) atoms. The maximum Gasteiger partial charge on any atom is 0.346 e. The molecule has 0 bridgehead atoms. The van der Waals surface area contributed by atoms with E-state index in [-0.39, 0.29) is 38.6 Å². The molecule has 0 aromatic heterocycles. The van der Waals surface area contributed by atoms with Gasteiger partial charge in [0.15, 0.2) is 5.40 Å². The van der Waals surface area contributed by atoms with Crippen molar-refractivity contribution in [2.24, 2.45) is 0 Å². The Morgan fingerprint density at radius 2 is 1.21 bits per heavy atom. The monoisotopic (exact) mass is 444 g/mol. The summed E-state index contributed by atoms with van der Waals surface area (Å²) < 4.78 is 49.5. The molecule has 0 heterocycles. The third-order valence-electron chi connectivity index (χ3n) is 4.36. The fourth-order valence-corrected chi connectivity index (χ4v) is 8.56. The van der Waals surface area contributed by atoms with E-state index in [0.29, 0.717) is 5.39 Å². The van der Waals surface area contributed by atoms with Gasteiger partial charge >= 0.3 is 15.2 Å². The molecule has 1 N–H and O–H groups in total. The second-order valence-electron chi connectivity index (χ2n) is 6.22. The number of hydrogen-bond donors (Lipinski definition) is 1. The average molecular weight is 444 g/mol. The Morgan fingerprint density at radius 1 is 0.759 bits per heavy atom. The zero-order valence-corrected chi connectivity index (χ0v) is 19.2. The van der Waals surface area contributed by atoms with Crippen LogP contribution in [-0.2, 0) is 33.6 Å². The van der Waals surface area contributed by atoms with Gasteiger partial charge < -0.3 is 23.2 Å². The minimum Gasteiger partial charge on any atom is -0.507 e. The number of rotatable bonds is 12. The molecule has 0 amide bonds. The SMILES string of the molecule is CCOP(=O)(OCC)C(Cc1ccc(O)c2ccccc12)P(=O)(OCC)OCC. The molecule has 2 rings (SSSR count). The van der Waals surface area contributed by atoms with E-state index in [0.717, 1.165) is 10.9 Å². The van der Waals surface area contributed by atoms with E-state index in [9.17, 15) is 14.2 Å². The zero-order valence-electron chi connectivity index (χ0n) is 17.4. The van der Waals surface area contributed by atoms with Crippen LogP contribution in [0.3, 0.4) is 0 Å². The van der Waals surface area contributed by atoms with Crippen LogP contribution in [0.25, 0.3) is 10.8 Å². The largest absolute Gasteiger partial charge is 0.507 e. The summed E-state index contributed by atoms with van der Waals surface area (Å²) >= 11 is 0. The second kappa shape index (κ2) is 10.7. The molecule has 0 aliphatic rings. The first-order valence-corrected chi connectivity index (χ1v) is 13.0. The van der Waals surface area contributed by atoms with Gasteiger partial charge in [-0.1, -0.05) is 30.3 Å². The first-order chi connectivity index (χ1) is 13.8. The van der Waals surface area contributed by atoms with Gasteiger partial charge in [0.25, 0.3) is 0 Å². The van der Waals surface area contributed by atoms with Crippen LogP contribution in [0.4, 0.5) is 0 Å². The number of fused-ring (bicyclic) bond motifs is 1. The van der Waals surface area contributed by atoms with Gasteiger partial charge in [0.1, 0.15) is 5.75 Å². The highest BCUT2D eigenvalue weighted by Crippen LogP contribution is 2.71.